The average molecular weight is 457 g/mol. The first-order chi connectivity index (χ1) is 15.5. The van der Waals surface area contributed by atoms with Crippen molar-refractivity contribution in [3.63, 3.8) is 0 Å². The molecule has 33 heavy (non-hydrogen) atoms. The van der Waals surface area contributed by atoms with Crippen molar-refractivity contribution in [1.29, 1.82) is 0 Å². The van der Waals surface area contributed by atoms with E-state index in [1.165, 1.54) is 15.9 Å². The Kier molecular flexibility index (Phi) is 5.85. The number of para-hydroxylation sites is 1. The first-order valence-corrected chi connectivity index (χ1v) is 11.0. The molecule has 2 aromatic rings. The molecule has 3 heterocycles. The average Bonchev–Trinajstić information content (AvgIpc) is 2.73. The Morgan fingerprint density at radius 3 is 2.76 bits per heavy atom. The summed E-state index contributed by atoms with van der Waals surface area (Å²) in [7, 11) is 0. The van der Waals surface area contributed by atoms with Gasteiger partial charge in [0.2, 0.25) is 5.95 Å². The molecule has 2 N–H and O–H groups in total. The summed E-state index contributed by atoms with van der Waals surface area (Å²) < 4.78 is 20.3. The SMILES string of the molecule is Cc1cccc(F)c1N1Cc2cnc(N)nc2N([C@@H]2CCCN(C(=O)OC(C)(C)C)C2)C1=O. The Hall–Kier alpha value is -3.43. The van der Waals surface area contributed by atoms with Crippen LogP contribution in [0.25, 0.3) is 0 Å². The summed E-state index contributed by atoms with van der Waals surface area (Å²) in [6.45, 7) is 8.11. The van der Waals surface area contributed by atoms with Gasteiger partial charge in [0.15, 0.2) is 0 Å². The van der Waals surface area contributed by atoms with Gasteiger partial charge >= 0.3 is 12.1 Å². The smallest absolute Gasteiger partial charge is 0.410 e. The van der Waals surface area contributed by atoms with Gasteiger partial charge in [-0.3, -0.25) is 9.80 Å². The van der Waals surface area contributed by atoms with E-state index in [0.29, 0.717) is 36.3 Å². The minimum Gasteiger partial charge on any atom is -0.444 e. The van der Waals surface area contributed by atoms with E-state index in [1.54, 1.807) is 30.2 Å². The number of anilines is 3. The normalized spacial score (nSPS) is 18.9. The van der Waals surface area contributed by atoms with Gasteiger partial charge in [-0.05, 0) is 52.2 Å². The second-order valence-corrected chi connectivity index (χ2v) is 9.44. The molecule has 0 bridgehead atoms. The number of carbonyl (C=O) groups is 2. The highest BCUT2D eigenvalue weighted by molar-refractivity contribution is 6.06. The Balaban J connectivity index is 1.71. The number of hydrogen-bond acceptors (Lipinski definition) is 6. The third-order valence-electron chi connectivity index (χ3n) is 5.73. The lowest BCUT2D eigenvalue weighted by Crippen LogP contribution is -2.58. The van der Waals surface area contributed by atoms with Gasteiger partial charge < -0.3 is 15.4 Å². The zero-order chi connectivity index (χ0) is 23.9. The zero-order valence-electron chi connectivity index (χ0n) is 19.3. The Morgan fingerprint density at radius 2 is 2.06 bits per heavy atom. The first-order valence-electron chi connectivity index (χ1n) is 11.0. The fourth-order valence-corrected chi connectivity index (χ4v) is 4.32. The van der Waals surface area contributed by atoms with E-state index in [1.807, 2.05) is 20.8 Å². The lowest BCUT2D eigenvalue weighted by molar-refractivity contribution is 0.0199. The van der Waals surface area contributed by atoms with Crippen molar-refractivity contribution >= 4 is 29.6 Å². The van der Waals surface area contributed by atoms with E-state index in [9.17, 15) is 14.0 Å². The maximum Gasteiger partial charge on any atom is 0.410 e. The van der Waals surface area contributed by atoms with E-state index in [2.05, 4.69) is 9.97 Å². The fraction of sp³-hybridized carbons (Fsp3) is 0.478. The van der Waals surface area contributed by atoms with Gasteiger partial charge in [0, 0.05) is 24.8 Å². The third-order valence-corrected chi connectivity index (χ3v) is 5.73. The number of piperidine rings is 1. The van der Waals surface area contributed by atoms with Crippen LogP contribution in [0, 0.1) is 12.7 Å². The molecule has 2 aliphatic heterocycles. The van der Waals surface area contributed by atoms with Crippen molar-refractivity contribution in [3.8, 4) is 0 Å². The summed E-state index contributed by atoms with van der Waals surface area (Å²) in [4.78, 5) is 39.4. The Morgan fingerprint density at radius 1 is 1.30 bits per heavy atom. The van der Waals surface area contributed by atoms with Crippen molar-refractivity contribution in [2.75, 3.05) is 28.6 Å². The highest BCUT2D eigenvalue weighted by atomic mass is 19.1. The standard InChI is InChI=1S/C23H29FN6O3/c1-14-7-5-9-17(24)18(14)29-12-15-11-26-20(25)27-19(15)30(21(29)31)16-8-6-10-28(13-16)22(32)33-23(2,3)4/h5,7,9,11,16H,6,8,10,12-13H2,1-4H3,(H2,25,26,27)/t16-/m1/s1. The highest BCUT2D eigenvalue weighted by Gasteiger charge is 2.41. The van der Waals surface area contributed by atoms with Gasteiger partial charge in [-0.1, -0.05) is 12.1 Å². The van der Waals surface area contributed by atoms with Gasteiger partial charge in [0.1, 0.15) is 17.2 Å². The first kappa shape index (κ1) is 22.8. The number of ether oxygens (including phenoxy) is 1. The topological polar surface area (TPSA) is 105 Å². The number of rotatable bonds is 2. The molecule has 2 aliphatic rings. The summed E-state index contributed by atoms with van der Waals surface area (Å²) in [6.07, 6.45) is 2.47. The third kappa shape index (κ3) is 4.55. The molecular weight excluding hydrogens is 427 g/mol. The molecule has 10 heteroatoms. The molecule has 0 spiro atoms. The Bertz CT molecular complexity index is 1070. The quantitative estimate of drug-likeness (QED) is 0.736. The van der Waals surface area contributed by atoms with Gasteiger partial charge in [-0.15, -0.1) is 0 Å². The van der Waals surface area contributed by atoms with E-state index in [-0.39, 0.29) is 30.8 Å². The van der Waals surface area contributed by atoms with E-state index < -0.39 is 23.5 Å². The predicted octanol–water partition coefficient (Wildman–Crippen LogP) is 3.85. The number of benzene rings is 1. The van der Waals surface area contributed by atoms with Crippen molar-refractivity contribution in [2.45, 2.75) is 58.7 Å². The van der Waals surface area contributed by atoms with Crippen LogP contribution in [0.1, 0.15) is 44.7 Å². The minimum absolute atomic E-state index is 0.0434. The van der Waals surface area contributed by atoms with E-state index >= 15 is 0 Å². The molecule has 0 radical (unpaired) electrons. The van der Waals surface area contributed by atoms with Crippen molar-refractivity contribution in [1.82, 2.24) is 14.9 Å². The summed E-state index contributed by atoms with van der Waals surface area (Å²) >= 11 is 0. The highest BCUT2D eigenvalue weighted by Crippen LogP contribution is 2.36. The molecule has 9 nitrogen and oxygen atoms in total. The number of carbonyl (C=O) groups excluding carboxylic acids is 2. The summed E-state index contributed by atoms with van der Waals surface area (Å²) in [6, 6.07) is 3.92. The number of aryl methyl sites for hydroxylation is 1. The van der Waals surface area contributed by atoms with Crippen molar-refractivity contribution < 1.29 is 18.7 Å². The fourth-order valence-electron chi connectivity index (χ4n) is 4.32. The van der Waals surface area contributed by atoms with Crippen LogP contribution < -0.4 is 15.5 Å². The number of nitrogen functional groups attached to an aromatic ring is 1. The molecular formula is C23H29FN6O3. The summed E-state index contributed by atoms with van der Waals surface area (Å²) in [5, 5.41) is 0. The summed E-state index contributed by atoms with van der Waals surface area (Å²) in [5.41, 5.74) is 6.72. The molecule has 0 aliphatic carbocycles. The van der Waals surface area contributed by atoms with Crippen LogP contribution in [0.3, 0.4) is 0 Å². The number of amides is 3. The molecule has 1 fully saturated rings. The molecule has 1 atom stereocenters. The van der Waals surface area contributed by atoms with Crippen LogP contribution >= 0.6 is 0 Å². The monoisotopic (exact) mass is 456 g/mol. The minimum atomic E-state index is -0.627. The van der Waals surface area contributed by atoms with Crippen molar-refractivity contribution in [3.05, 3.63) is 41.3 Å². The second kappa shape index (κ2) is 8.49. The van der Waals surface area contributed by atoms with Crippen LogP contribution in [0.5, 0.6) is 0 Å². The molecule has 0 unspecified atom stereocenters. The molecule has 3 amide bonds. The lowest BCUT2D eigenvalue weighted by atomic mass is 10.0. The molecule has 4 rings (SSSR count). The van der Waals surface area contributed by atoms with E-state index in [0.717, 1.165) is 0 Å². The zero-order valence-corrected chi connectivity index (χ0v) is 19.3. The van der Waals surface area contributed by atoms with Gasteiger partial charge in [0.25, 0.3) is 0 Å². The van der Waals surface area contributed by atoms with Crippen LogP contribution in [0.4, 0.5) is 31.4 Å². The lowest BCUT2D eigenvalue weighted by Gasteiger charge is -2.44. The van der Waals surface area contributed by atoms with Crippen molar-refractivity contribution in [2.24, 2.45) is 0 Å². The largest absolute Gasteiger partial charge is 0.444 e. The number of nitrogens with two attached hydrogens (primary N) is 1. The number of urea groups is 1. The Labute approximate surface area is 192 Å². The van der Waals surface area contributed by atoms with Crippen LogP contribution in [-0.4, -0.2) is 51.7 Å². The van der Waals surface area contributed by atoms with Crippen LogP contribution in [0.15, 0.2) is 24.4 Å². The molecule has 1 aromatic carbocycles. The van der Waals surface area contributed by atoms with Crippen LogP contribution in [0.2, 0.25) is 0 Å². The number of hydrogen-bond donors (Lipinski definition) is 1. The molecule has 176 valence electrons. The number of fused-ring (bicyclic) bond motifs is 1. The number of aromatic nitrogens is 2. The van der Waals surface area contributed by atoms with E-state index in [4.69, 9.17) is 10.5 Å². The maximum absolute atomic E-state index is 14.8. The number of likely N-dealkylation sites (tertiary alicyclic amines) is 1. The number of nitrogens with zero attached hydrogens (tertiary/aromatic N) is 5. The molecule has 1 saturated heterocycles. The van der Waals surface area contributed by atoms with Crippen LogP contribution in [-0.2, 0) is 11.3 Å². The molecule has 1 aromatic heterocycles. The summed E-state index contributed by atoms with van der Waals surface area (Å²) in [5.74, 6) is -0.0437. The van der Waals surface area contributed by atoms with Gasteiger partial charge in [-0.2, -0.15) is 4.98 Å². The van der Waals surface area contributed by atoms with Gasteiger partial charge in [0.05, 0.1) is 18.3 Å². The maximum atomic E-state index is 14.8. The molecule has 0 saturated carbocycles. The number of halogens is 1. The second-order valence-electron chi connectivity index (χ2n) is 9.44. The van der Waals surface area contributed by atoms with Gasteiger partial charge in [-0.25, -0.2) is 19.0 Å². The predicted molar refractivity (Wildman–Crippen MR) is 122 cm³/mol.